The van der Waals surface area contributed by atoms with Crippen LogP contribution >= 0.6 is 0 Å². The van der Waals surface area contributed by atoms with E-state index >= 15 is 0 Å². The molecule has 1 fully saturated rings. The van der Waals surface area contributed by atoms with Gasteiger partial charge in [-0.1, -0.05) is 30.4 Å². The molecule has 5 atom stereocenters. The van der Waals surface area contributed by atoms with Gasteiger partial charge in [0.15, 0.2) is 23.2 Å². The van der Waals surface area contributed by atoms with Crippen molar-refractivity contribution in [3.63, 3.8) is 0 Å². The molecule has 1 saturated heterocycles. The number of urea groups is 1. The predicted molar refractivity (Wildman–Crippen MR) is 165 cm³/mol. The van der Waals surface area contributed by atoms with Crippen molar-refractivity contribution in [1.82, 2.24) is 30.2 Å². The normalized spacial score (nSPS) is 20.5. The molecule has 47 heavy (non-hydrogen) atoms. The van der Waals surface area contributed by atoms with E-state index in [1.165, 1.54) is 41.5 Å². The molecule has 0 spiro atoms. The van der Waals surface area contributed by atoms with E-state index in [2.05, 4.69) is 36.2 Å². The van der Waals surface area contributed by atoms with Crippen molar-refractivity contribution in [2.75, 3.05) is 23.7 Å². The lowest BCUT2D eigenvalue weighted by Crippen LogP contribution is -2.33. The van der Waals surface area contributed by atoms with Crippen molar-refractivity contribution in [2.24, 2.45) is 0 Å². The number of amides is 2. The maximum absolute atomic E-state index is 13.5. The van der Waals surface area contributed by atoms with Crippen LogP contribution in [0.15, 0.2) is 73.3 Å². The highest BCUT2D eigenvalue weighted by Gasteiger charge is 2.43. The van der Waals surface area contributed by atoms with Gasteiger partial charge in [-0.05, 0) is 55.8 Å². The number of halogens is 4. The molecule has 3 heterocycles. The summed E-state index contributed by atoms with van der Waals surface area (Å²) in [5.74, 6) is 0.0612. The summed E-state index contributed by atoms with van der Waals surface area (Å²) in [5, 5.41) is 32.8. The number of hydrogen-bond acceptors (Lipinski definition) is 9. The van der Waals surface area contributed by atoms with Crippen LogP contribution in [-0.4, -0.2) is 73.2 Å². The Morgan fingerprint density at radius 2 is 1.89 bits per heavy atom. The Bertz CT molecular complexity index is 1700. The van der Waals surface area contributed by atoms with Gasteiger partial charge in [-0.3, -0.25) is 4.57 Å². The van der Waals surface area contributed by atoms with Crippen LogP contribution in [0.4, 0.5) is 33.9 Å². The topological polar surface area (TPSA) is 158 Å². The zero-order valence-corrected chi connectivity index (χ0v) is 25.2. The van der Waals surface area contributed by atoms with Crippen molar-refractivity contribution in [3.05, 3.63) is 90.3 Å². The summed E-state index contributed by atoms with van der Waals surface area (Å²) in [6, 6.07) is 9.75. The van der Waals surface area contributed by atoms with Gasteiger partial charge >= 0.3 is 12.2 Å². The summed E-state index contributed by atoms with van der Waals surface area (Å²) >= 11 is 0. The average Bonchev–Trinajstić information content (AvgIpc) is 3.59. The molecule has 1 aliphatic rings. The van der Waals surface area contributed by atoms with Gasteiger partial charge in [-0.25, -0.2) is 24.1 Å². The first kappa shape index (κ1) is 33.7. The number of alkyl halides is 3. The van der Waals surface area contributed by atoms with E-state index in [-0.39, 0.29) is 24.1 Å². The maximum Gasteiger partial charge on any atom is 0.416 e. The number of anilines is 2. The van der Waals surface area contributed by atoms with Gasteiger partial charge in [0.05, 0.1) is 11.9 Å². The number of carbonyl (C=O) groups excluding carboxylic acids is 1. The average molecular weight is 659 g/mol. The largest absolute Gasteiger partial charge is 0.416 e. The quantitative estimate of drug-likeness (QED) is 0.0753. The van der Waals surface area contributed by atoms with E-state index in [1.807, 2.05) is 6.92 Å². The van der Waals surface area contributed by atoms with Gasteiger partial charge in [0.1, 0.15) is 30.5 Å². The zero-order chi connectivity index (χ0) is 33.6. The van der Waals surface area contributed by atoms with Crippen molar-refractivity contribution < 1.29 is 37.3 Å². The molecule has 2 aromatic heterocycles. The Morgan fingerprint density at radius 1 is 1.09 bits per heavy atom. The van der Waals surface area contributed by atoms with Crippen LogP contribution < -0.4 is 21.3 Å². The Kier molecular flexibility index (Phi) is 10.7. The van der Waals surface area contributed by atoms with E-state index in [1.54, 1.807) is 24.3 Å². The smallest absolute Gasteiger partial charge is 0.387 e. The van der Waals surface area contributed by atoms with E-state index < -0.39 is 42.3 Å². The Labute approximate surface area is 266 Å². The number of rotatable bonds is 12. The second-order valence-electron chi connectivity index (χ2n) is 10.9. The number of imidazole rings is 1. The number of benzene rings is 2. The lowest BCUT2D eigenvalue weighted by atomic mass is 10.1. The molecular formula is C31H34F4N8O4. The van der Waals surface area contributed by atoms with Crippen LogP contribution in [0.3, 0.4) is 0 Å². The van der Waals surface area contributed by atoms with E-state index in [4.69, 9.17) is 4.74 Å². The Balaban J connectivity index is 1.08. The first-order valence-corrected chi connectivity index (χ1v) is 14.8. The number of carbonyl (C=O) groups is 1. The fraction of sp³-hybridized carbons (Fsp3) is 0.355. The number of nitrogens with one attached hydrogen (secondary N) is 4. The highest BCUT2D eigenvalue weighted by Crippen LogP contribution is 2.33. The number of ether oxygens (including phenoxy) is 1. The van der Waals surface area contributed by atoms with Crippen molar-refractivity contribution in [2.45, 2.75) is 56.6 Å². The number of aromatic nitrogens is 4. The molecule has 12 nitrogen and oxygen atoms in total. The third kappa shape index (κ3) is 8.59. The first-order valence-electron chi connectivity index (χ1n) is 14.8. The lowest BCUT2D eigenvalue weighted by molar-refractivity contribution is -0.137. The molecule has 1 aliphatic heterocycles. The number of hydrogen-bond donors (Lipinski definition) is 6. The third-order valence-corrected chi connectivity index (χ3v) is 7.40. The molecule has 16 heteroatoms. The molecule has 0 radical (unpaired) electrons. The molecule has 1 unspecified atom stereocenters. The molecule has 2 aromatic carbocycles. The monoisotopic (exact) mass is 658 g/mol. The minimum atomic E-state index is -4.50. The second kappa shape index (κ2) is 14.8. The standard InChI is InChI=1S/C31H34F4N8O4/c1-18(36-11-4-12-37-30(46)42-22-8-3-6-20(14-22)31(33,34)35)9-10-23-25(44)26(45)29(47-23)43-17-41-24-27(39-16-40-28(24)43)38-15-19-5-2-7-21(32)13-19/h2-3,5-10,13-14,16-18,23,25-26,29,36,44-45H,4,11-12,15H2,1H3,(H2,37,42,46)(H,38,39,40)/t18?,23-,25-,26-,29-/m1/s1. The molecule has 0 bridgehead atoms. The van der Waals surface area contributed by atoms with Crippen LogP contribution in [0.5, 0.6) is 0 Å². The van der Waals surface area contributed by atoms with E-state index in [0.29, 0.717) is 42.1 Å². The predicted octanol–water partition coefficient (Wildman–Crippen LogP) is 3.96. The summed E-state index contributed by atoms with van der Waals surface area (Å²) in [5.41, 5.74) is 0.674. The summed E-state index contributed by atoms with van der Waals surface area (Å²) in [6.45, 7) is 2.95. The van der Waals surface area contributed by atoms with Crippen LogP contribution in [0.25, 0.3) is 11.2 Å². The molecule has 0 saturated carbocycles. The van der Waals surface area contributed by atoms with Gasteiger partial charge < -0.3 is 36.2 Å². The maximum atomic E-state index is 13.5. The Hall–Kier alpha value is -4.64. The Morgan fingerprint density at radius 3 is 2.68 bits per heavy atom. The van der Waals surface area contributed by atoms with Crippen molar-refractivity contribution in [1.29, 1.82) is 0 Å². The SMILES string of the molecule is CC(C=C[C@H]1O[C@@H](n2cnc3c(NCc4cccc(F)c4)ncnc32)[C@H](O)[C@@H]1O)NCCCNC(=O)Nc1cccc(C(F)(F)F)c1. The molecule has 5 rings (SSSR count). The van der Waals surface area contributed by atoms with Crippen LogP contribution in [0, 0.1) is 5.82 Å². The first-order chi connectivity index (χ1) is 22.5. The summed E-state index contributed by atoms with van der Waals surface area (Å²) in [6.07, 6.45) is -2.10. The minimum Gasteiger partial charge on any atom is -0.387 e. The molecule has 0 aliphatic carbocycles. The number of nitrogens with zero attached hydrogens (tertiary/aromatic N) is 4. The van der Waals surface area contributed by atoms with Crippen LogP contribution in [-0.2, 0) is 17.5 Å². The summed E-state index contributed by atoms with van der Waals surface area (Å²) < 4.78 is 59.6. The molecule has 6 N–H and O–H groups in total. The highest BCUT2D eigenvalue weighted by molar-refractivity contribution is 5.89. The van der Waals surface area contributed by atoms with Gasteiger partial charge in [0.2, 0.25) is 0 Å². The molecule has 250 valence electrons. The summed E-state index contributed by atoms with van der Waals surface area (Å²) in [4.78, 5) is 24.9. The van der Waals surface area contributed by atoms with Crippen LogP contribution in [0.1, 0.15) is 30.7 Å². The number of fused-ring (bicyclic) bond motifs is 1. The third-order valence-electron chi connectivity index (χ3n) is 7.40. The van der Waals surface area contributed by atoms with Gasteiger partial charge in [0.25, 0.3) is 0 Å². The van der Waals surface area contributed by atoms with E-state index in [9.17, 15) is 32.6 Å². The molecule has 2 amide bonds. The summed E-state index contributed by atoms with van der Waals surface area (Å²) in [7, 11) is 0. The van der Waals surface area contributed by atoms with Crippen LogP contribution in [0.2, 0.25) is 0 Å². The lowest BCUT2D eigenvalue weighted by Gasteiger charge is -2.16. The van der Waals surface area contributed by atoms with Gasteiger partial charge in [-0.15, -0.1) is 0 Å². The minimum absolute atomic E-state index is 0.0341. The fourth-order valence-electron chi connectivity index (χ4n) is 4.99. The van der Waals surface area contributed by atoms with Crippen molar-refractivity contribution >= 4 is 28.7 Å². The second-order valence-corrected chi connectivity index (χ2v) is 10.9. The highest BCUT2D eigenvalue weighted by atomic mass is 19.4. The van der Waals surface area contributed by atoms with Gasteiger partial charge in [0, 0.05) is 24.8 Å². The molecular weight excluding hydrogens is 624 g/mol. The fourth-order valence-corrected chi connectivity index (χ4v) is 4.99. The number of aliphatic hydroxyl groups excluding tert-OH is 2. The van der Waals surface area contributed by atoms with Gasteiger partial charge in [-0.2, -0.15) is 13.2 Å². The number of aliphatic hydroxyl groups is 2. The van der Waals surface area contributed by atoms with E-state index in [0.717, 1.165) is 12.1 Å². The van der Waals surface area contributed by atoms with Crippen molar-refractivity contribution in [3.8, 4) is 0 Å². The zero-order valence-electron chi connectivity index (χ0n) is 25.2. The molecule has 4 aromatic rings.